The molecule has 0 aromatic heterocycles. The van der Waals surface area contributed by atoms with Crippen molar-refractivity contribution in [1.29, 1.82) is 0 Å². The van der Waals surface area contributed by atoms with Gasteiger partial charge in [0.1, 0.15) is 31.0 Å². The highest BCUT2D eigenvalue weighted by Gasteiger charge is 2.62. The van der Waals surface area contributed by atoms with Crippen LogP contribution in [0.2, 0.25) is 0 Å². The van der Waals surface area contributed by atoms with Crippen molar-refractivity contribution in [3.63, 3.8) is 0 Å². The molecular weight excluding hydrogens is 354 g/mol. The third kappa shape index (κ3) is 4.31. The maximum atomic E-state index is 14.2. The molecule has 142 valence electrons. The number of rotatable bonds is 7. The van der Waals surface area contributed by atoms with Crippen LogP contribution in [0.4, 0.5) is 8.78 Å². The normalized spacial score (nSPS) is 34.5. The Morgan fingerprint density at radius 1 is 1.44 bits per heavy atom. The standard InChI is InChI=1S/C11H16F2N4O8/c12-9-7(22)5(16-4(20)1-15-17-14)8(6(21)3(19)2-18)25-11(9,13)10(23)24/h3,5-9,18-19,21-22H,1-2H2,(H,16,20)(H,23,24)/t3-,5-,6-,7-,8?,9-,11-/m1/s1. The van der Waals surface area contributed by atoms with Gasteiger partial charge in [-0.1, -0.05) is 5.11 Å². The third-order valence-electron chi connectivity index (χ3n) is 3.50. The number of aliphatic carboxylic acids is 1. The Labute approximate surface area is 138 Å². The molecule has 1 aliphatic heterocycles. The Balaban J connectivity index is 3.18. The molecule has 14 heteroatoms. The SMILES string of the molecule is [N-]=[N+]=NCC(=O)N[C@H]1C([C@H](O)[C@H](O)CO)O[C@@](F)(C(=O)O)[C@H](F)[C@@H]1O. The first-order chi connectivity index (χ1) is 11.6. The largest absolute Gasteiger partial charge is 0.477 e. The summed E-state index contributed by atoms with van der Waals surface area (Å²) in [6.45, 7) is -1.87. The molecule has 25 heavy (non-hydrogen) atoms. The molecule has 7 atom stereocenters. The highest BCUT2D eigenvalue weighted by Crippen LogP contribution is 2.35. The fourth-order valence-electron chi connectivity index (χ4n) is 2.20. The van der Waals surface area contributed by atoms with Gasteiger partial charge in [0.25, 0.3) is 0 Å². The summed E-state index contributed by atoms with van der Waals surface area (Å²) < 4.78 is 32.6. The number of nitrogens with one attached hydrogen (secondary N) is 1. The summed E-state index contributed by atoms with van der Waals surface area (Å²) >= 11 is 0. The topological polar surface area (TPSA) is 205 Å². The van der Waals surface area contributed by atoms with Crippen LogP contribution in [0.5, 0.6) is 0 Å². The smallest absolute Gasteiger partial charge is 0.372 e. The van der Waals surface area contributed by atoms with E-state index in [1.807, 2.05) is 5.32 Å². The predicted molar refractivity (Wildman–Crippen MR) is 72.3 cm³/mol. The number of azide groups is 1. The van der Waals surface area contributed by atoms with Crippen LogP contribution >= 0.6 is 0 Å². The molecule has 6 N–H and O–H groups in total. The number of carbonyl (C=O) groups excluding carboxylic acids is 1. The van der Waals surface area contributed by atoms with Crippen molar-refractivity contribution < 1.29 is 48.6 Å². The van der Waals surface area contributed by atoms with E-state index in [0.717, 1.165) is 0 Å². The maximum absolute atomic E-state index is 14.2. The molecular formula is C11H16F2N4O8. The Morgan fingerprint density at radius 3 is 2.52 bits per heavy atom. The van der Waals surface area contributed by atoms with Crippen molar-refractivity contribution in [3.05, 3.63) is 10.4 Å². The van der Waals surface area contributed by atoms with Crippen LogP contribution in [0.3, 0.4) is 0 Å². The lowest BCUT2D eigenvalue weighted by atomic mass is 9.88. The zero-order chi connectivity index (χ0) is 19.4. The number of carboxylic acids is 1. The van der Waals surface area contributed by atoms with Crippen LogP contribution in [-0.4, -0.2) is 93.0 Å². The number of carbonyl (C=O) groups is 2. The second-order valence-electron chi connectivity index (χ2n) is 5.15. The van der Waals surface area contributed by atoms with Crippen LogP contribution in [0.15, 0.2) is 5.11 Å². The quantitative estimate of drug-likeness (QED) is 0.158. The van der Waals surface area contributed by atoms with E-state index in [4.69, 9.17) is 15.7 Å². The zero-order valence-electron chi connectivity index (χ0n) is 12.4. The number of amides is 1. The van der Waals surface area contributed by atoms with Crippen molar-refractivity contribution in [2.75, 3.05) is 13.2 Å². The molecule has 0 bridgehead atoms. The fourth-order valence-corrected chi connectivity index (χ4v) is 2.20. The first-order valence-corrected chi connectivity index (χ1v) is 6.79. The molecule has 1 amide bonds. The lowest BCUT2D eigenvalue weighted by Gasteiger charge is -2.45. The van der Waals surface area contributed by atoms with Gasteiger partial charge in [0.2, 0.25) is 5.91 Å². The molecule has 1 aliphatic rings. The second kappa shape index (κ2) is 8.33. The fraction of sp³-hybridized carbons (Fsp3) is 0.818. The molecule has 0 aromatic rings. The zero-order valence-corrected chi connectivity index (χ0v) is 12.4. The van der Waals surface area contributed by atoms with Gasteiger partial charge in [-0.25, -0.2) is 9.18 Å². The van der Waals surface area contributed by atoms with Crippen LogP contribution in [0.1, 0.15) is 0 Å². The van der Waals surface area contributed by atoms with E-state index in [-0.39, 0.29) is 0 Å². The first-order valence-electron chi connectivity index (χ1n) is 6.79. The molecule has 1 fully saturated rings. The van der Waals surface area contributed by atoms with Gasteiger partial charge < -0.3 is 35.6 Å². The summed E-state index contributed by atoms with van der Waals surface area (Å²) in [6.07, 6.45) is -12.0. The van der Waals surface area contributed by atoms with E-state index in [2.05, 4.69) is 14.8 Å². The Bertz CT molecular complexity index is 562. The van der Waals surface area contributed by atoms with E-state index in [9.17, 15) is 33.7 Å². The third-order valence-corrected chi connectivity index (χ3v) is 3.50. The Kier molecular flexibility index (Phi) is 6.98. The Morgan fingerprint density at radius 2 is 2.04 bits per heavy atom. The highest BCUT2D eigenvalue weighted by atomic mass is 19.2. The monoisotopic (exact) mass is 370 g/mol. The predicted octanol–water partition coefficient (Wildman–Crippen LogP) is -2.66. The van der Waals surface area contributed by atoms with Crippen LogP contribution in [-0.2, 0) is 14.3 Å². The molecule has 0 aliphatic carbocycles. The lowest BCUT2D eigenvalue weighted by molar-refractivity contribution is -0.293. The average molecular weight is 370 g/mol. The van der Waals surface area contributed by atoms with E-state index < -0.39 is 67.5 Å². The van der Waals surface area contributed by atoms with Gasteiger partial charge in [-0.15, -0.1) is 0 Å². The molecule has 1 saturated heterocycles. The number of alkyl halides is 2. The Hall–Kier alpha value is -2.09. The molecule has 0 radical (unpaired) electrons. The van der Waals surface area contributed by atoms with Crippen molar-refractivity contribution in [3.8, 4) is 0 Å². The summed E-state index contributed by atoms with van der Waals surface area (Å²) in [5, 5.41) is 51.5. The number of aliphatic hydroxyl groups excluding tert-OH is 4. The van der Waals surface area contributed by atoms with E-state index >= 15 is 0 Å². The van der Waals surface area contributed by atoms with Gasteiger partial charge in [-0.2, -0.15) is 4.39 Å². The lowest BCUT2D eigenvalue weighted by Crippen LogP contribution is -2.71. The van der Waals surface area contributed by atoms with Crippen LogP contribution in [0, 0.1) is 0 Å². The number of hydrogen-bond donors (Lipinski definition) is 6. The van der Waals surface area contributed by atoms with Crippen LogP contribution < -0.4 is 5.32 Å². The van der Waals surface area contributed by atoms with Gasteiger partial charge in [0.15, 0.2) is 6.17 Å². The van der Waals surface area contributed by atoms with Crippen molar-refractivity contribution in [2.24, 2.45) is 5.11 Å². The summed E-state index contributed by atoms with van der Waals surface area (Å²) in [5.41, 5.74) is 8.12. The van der Waals surface area contributed by atoms with Gasteiger partial charge in [0, 0.05) is 4.91 Å². The molecule has 1 rings (SSSR count). The molecule has 0 saturated carbocycles. The van der Waals surface area contributed by atoms with Crippen LogP contribution in [0.25, 0.3) is 10.4 Å². The molecule has 12 nitrogen and oxygen atoms in total. The van der Waals surface area contributed by atoms with Gasteiger partial charge in [-0.3, -0.25) is 4.79 Å². The average Bonchev–Trinajstić information content (AvgIpc) is 2.58. The van der Waals surface area contributed by atoms with E-state index in [1.54, 1.807) is 0 Å². The van der Waals surface area contributed by atoms with Gasteiger partial charge >= 0.3 is 11.8 Å². The van der Waals surface area contributed by atoms with Gasteiger partial charge in [0.05, 0.1) is 12.6 Å². The molecule has 1 unspecified atom stereocenters. The van der Waals surface area contributed by atoms with E-state index in [1.165, 1.54) is 0 Å². The second-order valence-corrected chi connectivity index (χ2v) is 5.15. The first kappa shape index (κ1) is 21.0. The number of halogens is 2. The number of aliphatic hydroxyl groups is 4. The minimum absolute atomic E-state index is 0.804. The molecule has 0 aromatic carbocycles. The number of hydrogen-bond acceptors (Lipinski definition) is 8. The van der Waals surface area contributed by atoms with Crippen molar-refractivity contribution >= 4 is 11.9 Å². The number of nitrogens with zero attached hydrogens (tertiary/aromatic N) is 3. The summed E-state index contributed by atoms with van der Waals surface area (Å²) in [7, 11) is 0. The highest BCUT2D eigenvalue weighted by molar-refractivity contribution is 5.79. The minimum atomic E-state index is -4.08. The maximum Gasteiger partial charge on any atom is 0.372 e. The number of ether oxygens (including phenoxy) is 1. The summed E-state index contributed by atoms with van der Waals surface area (Å²) in [6, 6.07) is -1.92. The van der Waals surface area contributed by atoms with E-state index in [0.29, 0.717) is 0 Å². The molecule has 0 spiro atoms. The van der Waals surface area contributed by atoms with Crippen molar-refractivity contribution in [1.82, 2.24) is 5.32 Å². The number of carboxylic acid groups (broad SMARTS) is 1. The minimum Gasteiger partial charge on any atom is -0.477 e. The van der Waals surface area contributed by atoms with Gasteiger partial charge in [-0.05, 0) is 5.53 Å². The summed E-state index contributed by atoms with van der Waals surface area (Å²) in [5.74, 6) is -7.62. The summed E-state index contributed by atoms with van der Waals surface area (Å²) in [4.78, 5) is 24.8. The molecule has 1 heterocycles. The van der Waals surface area contributed by atoms with Crippen molar-refractivity contribution in [2.45, 2.75) is 42.5 Å².